The van der Waals surface area contributed by atoms with Gasteiger partial charge in [-0.1, -0.05) is 29.8 Å². The minimum atomic E-state index is -4.06. The molecular weight excluding hydrogens is 387 g/mol. The highest BCUT2D eigenvalue weighted by molar-refractivity contribution is 7.90. The molecular formula is C16H12Cl2N2O4S. The summed E-state index contributed by atoms with van der Waals surface area (Å²) in [5.41, 5.74) is 1.58. The normalized spacial score (nSPS) is 13.1. The maximum atomic E-state index is 12.4. The number of benzene rings is 2. The topological polar surface area (TPSA) is 84.5 Å². The van der Waals surface area contributed by atoms with Gasteiger partial charge in [0.15, 0.2) is 0 Å². The maximum Gasteiger partial charge on any atom is 0.333 e. The van der Waals surface area contributed by atoms with E-state index in [1.165, 1.54) is 36.4 Å². The third kappa shape index (κ3) is 3.73. The highest BCUT2D eigenvalue weighted by Gasteiger charge is 2.23. The highest BCUT2D eigenvalue weighted by atomic mass is 35.5. The summed E-state index contributed by atoms with van der Waals surface area (Å²) >= 11 is 11.6. The molecule has 3 rings (SSSR count). The first-order valence-electron chi connectivity index (χ1n) is 7.00. The molecule has 2 amide bonds. The molecule has 1 aliphatic rings. The molecule has 130 valence electrons. The first-order chi connectivity index (χ1) is 11.8. The predicted octanol–water partition coefficient (Wildman–Crippen LogP) is 3.91. The number of rotatable bonds is 3. The van der Waals surface area contributed by atoms with Crippen LogP contribution in [0, 0.1) is 0 Å². The third-order valence-electron chi connectivity index (χ3n) is 3.45. The van der Waals surface area contributed by atoms with Crippen LogP contribution >= 0.6 is 23.2 Å². The van der Waals surface area contributed by atoms with Gasteiger partial charge < -0.3 is 10.1 Å². The minimum absolute atomic E-state index is 0.0674. The first kappa shape index (κ1) is 17.6. The fourth-order valence-electron chi connectivity index (χ4n) is 2.23. The lowest BCUT2D eigenvalue weighted by molar-refractivity contribution is 0.256. The number of hydrogen-bond acceptors (Lipinski definition) is 4. The lowest BCUT2D eigenvalue weighted by Gasteiger charge is -2.10. The van der Waals surface area contributed by atoms with Gasteiger partial charge in [0.25, 0.3) is 10.0 Å². The lowest BCUT2D eigenvalue weighted by atomic mass is 10.1. The first-order valence-corrected chi connectivity index (χ1v) is 9.24. The smallest absolute Gasteiger partial charge is 0.333 e. The van der Waals surface area contributed by atoms with E-state index in [-0.39, 0.29) is 9.92 Å². The van der Waals surface area contributed by atoms with Crippen molar-refractivity contribution in [2.24, 2.45) is 0 Å². The molecule has 1 heterocycles. The number of amides is 2. The van der Waals surface area contributed by atoms with Crippen molar-refractivity contribution >= 4 is 50.5 Å². The average Bonchev–Trinajstić information content (AvgIpc) is 2.91. The van der Waals surface area contributed by atoms with E-state index in [2.05, 4.69) is 11.9 Å². The van der Waals surface area contributed by atoms with Crippen molar-refractivity contribution in [2.75, 3.05) is 11.9 Å². The number of anilines is 1. The van der Waals surface area contributed by atoms with E-state index in [4.69, 9.17) is 27.9 Å². The van der Waals surface area contributed by atoms with Gasteiger partial charge >= 0.3 is 6.03 Å². The van der Waals surface area contributed by atoms with E-state index in [9.17, 15) is 13.2 Å². The van der Waals surface area contributed by atoms with Crippen molar-refractivity contribution < 1.29 is 17.9 Å². The van der Waals surface area contributed by atoms with Crippen LogP contribution in [0.3, 0.4) is 0 Å². The van der Waals surface area contributed by atoms with Crippen molar-refractivity contribution in [2.45, 2.75) is 4.90 Å². The molecule has 0 atom stereocenters. The Morgan fingerprint density at radius 1 is 1.12 bits per heavy atom. The van der Waals surface area contributed by atoms with Crippen LogP contribution in [0.5, 0.6) is 5.75 Å². The van der Waals surface area contributed by atoms with Crippen LogP contribution in [0.25, 0.3) is 5.57 Å². The van der Waals surface area contributed by atoms with Crippen LogP contribution in [0.4, 0.5) is 10.5 Å². The number of carbonyl (C=O) groups is 1. The molecule has 9 heteroatoms. The Balaban J connectivity index is 1.77. The summed E-state index contributed by atoms with van der Waals surface area (Å²) < 4.78 is 32.0. The SMILES string of the molecule is C=C1COc2ccc(S(=O)(=O)NC(=O)Nc3ccc(Cl)c(Cl)c3)cc21. The molecule has 0 saturated carbocycles. The second-order valence-corrected chi connectivity index (χ2v) is 7.74. The Hall–Kier alpha value is -2.22. The molecule has 0 saturated heterocycles. The molecule has 2 aromatic rings. The lowest BCUT2D eigenvalue weighted by Crippen LogP contribution is -2.34. The van der Waals surface area contributed by atoms with Crippen molar-refractivity contribution in [3.8, 4) is 5.75 Å². The molecule has 0 radical (unpaired) electrons. The molecule has 0 spiro atoms. The number of sulfonamides is 1. The number of fused-ring (bicyclic) bond motifs is 1. The number of halogens is 2. The molecule has 2 aromatic carbocycles. The largest absolute Gasteiger partial charge is 0.488 e. The maximum absolute atomic E-state index is 12.4. The number of urea groups is 1. The van der Waals surface area contributed by atoms with Gasteiger partial charge in [-0.25, -0.2) is 17.9 Å². The molecule has 0 aliphatic carbocycles. The van der Waals surface area contributed by atoms with Crippen LogP contribution in [0.2, 0.25) is 10.0 Å². The predicted molar refractivity (Wildman–Crippen MR) is 96.8 cm³/mol. The summed E-state index contributed by atoms with van der Waals surface area (Å²) in [4.78, 5) is 11.9. The zero-order valence-electron chi connectivity index (χ0n) is 12.7. The van der Waals surface area contributed by atoms with Gasteiger partial charge in [0.1, 0.15) is 12.4 Å². The minimum Gasteiger partial charge on any atom is -0.488 e. The highest BCUT2D eigenvalue weighted by Crippen LogP contribution is 2.33. The van der Waals surface area contributed by atoms with Crippen LogP contribution in [-0.2, 0) is 10.0 Å². The molecule has 1 aliphatic heterocycles. The molecule has 0 fully saturated rings. The molecule has 25 heavy (non-hydrogen) atoms. The van der Waals surface area contributed by atoms with Gasteiger partial charge in [0, 0.05) is 11.3 Å². The van der Waals surface area contributed by atoms with Gasteiger partial charge in [0.2, 0.25) is 0 Å². The van der Waals surface area contributed by atoms with Gasteiger partial charge in [-0.05, 0) is 42.0 Å². The van der Waals surface area contributed by atoms with Crippen LogP contribution in [0.1, 0.15) is 5.56 Å². The Labute approximate surface area is 154 Å². The average molecular weight is 399 g/mol. The standard InChI is InChI=1S/C16H12Cl2N2O4S/c1-9-8-24-15-5-3-11(7-12(9)15)25(22,23)20-16(21)19-10-2-4-13(17)14(18)6-10/h2-7H,1,8H2,(H2,19,20,21). The Morgan fingerprint density at radius 3 is 2.60 bits per heavy atom. The summed E-state index contributed by atoms with van der Waals surface area (Å²) in [5, 5.41) is 2.94. The van der Waals surface area contributed by atoms with E-state index in [0.29, 0.717) is 34.2 Å². The molecule has 6 nitrogen and oxygen atoms in total. The fraction of sp³-hybridized carbons (Fsp3) is 0.0625. The molecule has 0 unspecified atom stereocenters. The Bertz CT molecular complexity index is 990. The molecule has 2 N–H and O–H groups in total. The summed E-state index contributed by atoms with van der Waals surface area (Å²) in [6, 6.07) is 7.77. The van der Waals surface area contributed by atoms with Gasteiger partial charge in [-0.2, -0.15) is 0 Å². The second-order valence-electron chi connectivity index (χ2n) is 5.24. The van der Waals surface area contributed by atoms with Crippen LogP contribution < -0.4 is 14.8 Å². The van der Waals surface area contributed by atoms with E-state index >= 15 is 0 Å². The number of ether oxygens (including phenoxy) is 1. The van der Waals surface area contributed by atoms with Gasteiger partial charge in [-0.15, -0.1) is 0 Å². The number of carbonyl (C=O) groups excluding carboxylic acids is 1. The number of nitrogens with one attached hydrogen (secondary N) is 2. The zero-order chi connectivity index (χ0) is 18.2. The van der Waals surface area contributed by atoms with E-state index < -0.39 is 16.1 Å². The van der Waals surface area contributed by atoms with E-state index in [1.807, 2.05) is 4.72 Å². The van der Waals surface area contributed by atoms with Crippen molar-refractivity contribution in [3.05, 3.63) is 58.6 Å². The Kier molecular flexibility index (Phi) is 4.64. The van der Waals surface area contributed by atoms with Crippen molar-refractivity contribution in [3.63, 3.8) is 0 Å². The summed E-state index contributed by atoms with van der Waals surface area (Å²) in [7, 11) is -4.06. The summed E-state index contributed by atoms with van der Waals surface area (Å²) in [6.07, 6.45) is 0. The second kappa shape index (κ2) is 6.59. The Morgan fingerprint density at radius 2 is 1.88 bits per heavy atom. The van der Waals surface area contributed by atoms with Crippen molar-refractivity contribution in [1.82, 2.24) is 4.72 Å². The third-order valence-corrected chi connectivity index (χ3v) is 5.52. The van der Waals surface area contributed by atoms with Crippen LogP contribution in [0.15, 0.2) is 47.9 Å². The number of hydrogen-bond donors (Lipinski definition) is 2. The molecule has 0 aromatic heterocycles. The van der Waals surface area contributed by atoms with Crippen LogP contribution in [-0.4, -0.2) is 21.1 Å². The van der Waals surface area contributed by atoms with Crippen molar-refractivity contribution in [1.29, 1.82) is 0 Å². The van der Waals surface area contributed by atoms with E-state index in [0.717, 1.165) is 0 Å². The monoisotopic (exact) mass is 398 g/mol. The summed E-state index contributed by atoms with van der Waals surface area (Å²) in [5.74, 6) is 0.559. The van der Waals surface area contributed by atoms with Gasteiger partial charge in [0.05, 0.1) is 14.9 Å². The molecule has 0 bridgehead atoms. The fourth-order valence-corrected chi connectivity index (χ4v) is 3.46. The quantitative estimate of drug-likeness (QED) is 0.820. The summed E-state index contributed by atoms with van der Waals surface area (Å²) in [6.45, 7) is 4.12. The van der Waals surface area contributed by atoms with E-state index in [1.54, 1.807) is 0 Å². The zero-order valence-corrected chi connectivity index (χ0v) is 15.0. The van der Waals surface area contributed by atoms with Gasteiger partial charge in [-0.3, -0.25) is 0 Å².